The smallest absolute Gasteiger partial charge is 0.253 e. The van der Waals surface area contributed by atoms with Crippen LogP contribution in [-0.2, 0) is 0 Å². The monoisotopic (exact) mass is 284 g/mol. The largest absolute Gasteiger partial charge is 0.398 e. The Morgan fingerprint density at radius 1 is 1.14 bits per heavy atom. The van der Waals surface area contributed by atoms with Gasteiger partial charge in [-0.2, -0.15) is 0 Å². The second-order valence-corrected chi connectivity index (χ2v) is 7.69. The van der Waals surface area contributed by atoms with Crippen molar-refractivity contribution in [3.05, 3.63) is 29.3 Å². The number of anilines is 1. The van der Waals surface area contributed by atoms with Crippen molar-refractivity contribution in [2.75, 3.05) is 5.73 Å². The Kier molecular flexibility index (Phi) is 2.82. The Morgan fingerprint density at radius 2 is 1.71 bits per heavy atom. The van der Waals surface area contributed by atoms with Crippen LogP contribution >= 0.6 is 0 Å². The fourth-order valence-electron chi connectivity index (χ4n) is 5.45. The molecule has 4 fully saturated rings. The predicted octanol–water partition coefficient (Wildman–Crippen LogP) is 3.28. The molecule has 21 heavy (non-hydrogen) atoms. The van der Waals surface area contributed by atoms with E-state index in [1.807, 2.05) is 25.1 Å². The van der Waals surface area contributed by atoms with Gasteiger partial charge in [-0.25, -0.2) is 0 Å². The molecule has 1 aromatic carbocycles. The Balaban J connectivity index is 1.58. The predicted molar refractivity (Wildman–Crippen MR) is 84.0 cm³/mol. The molecular formula is C18H24N2O. The highest BCUT2D eigenvalue weighted by Crippen LogP contribution is 2.55. The van der Waals surface area contributed by atoms with Crippen molar-refractivity contribution in [3.8, 4) is 0 Å². The molecule has 0 aromatic heterocycles. The van der Waals surface area contributed by atoms with Crippen molar-refractivity contribution >= 4 is 11.6 Å². The first kappa shape index (κ1) is 13.2. The van der Waals surface area contributed by atoms with Gasteiger partial charge in [0.1, 0.15) is 0 Å². The van der Waals surface area contributed by atoms with E-state index < -0.39 is 0 Å². The molecule has 4 bridgehead atoms. The fourth-order valence-corrected chi connectivity index (χ4v) is 5.45. The molecule has 1 amide bonds. The normalized spacial score (nSPS) is 36.7. The number of nitrogens with two attached hydrogens (primary N) is 1. The van der Waals surface area contributed by atoms with Crippen molar-refractivity contribution in [2.24, 2.45) is 17.8 Å². The Labute approximate surface area is 126 Å². The highest BCUT2D eigenvalue weighted by Gasteiger charge is 2.51. The minimum Gasteiger partial charge on any atom is -0.398 e. The molecule has 0 unspecified atom stereocenters. The van der Waals surface area contributed by atoms with Gasteiger partial charge < -0.3 is 11.1 Å². The first-order chi connectivity index (χ1) is 10.0. The van der Waals surface area contributed by atoms with Crippen LogP contribution in [0.15, 0.2) is 18.2 Å². The van der Waals surface area contributed by atoms with Gasteiger partial charge in [0.05, 0.1) is 5.56 Å². The number of amides is 1. The molecule has 112 valence electrons. The van der Waals surface area contributed by atoms with Gasteiger partial charge in [0.15, 0.2) is 0 Å². The first-order valence-electron chi connectivity index (χ1n) is 8.22. The van der Waals surface area contributed by atoms with Gasteiger partial charge in [0.2, 0.25) is 0 Å². The van der Waals surface area contributed by atoms with Gasteiger partial charge in [-0.1, -0.05) is 12.1 Å². The summed E-state index contributed by atoms with van der Waals surface area (Å²) >= 11 is 0. The van der Waals surface area contributed by atoms with E-state index in [4.69, 9.17) is 5.73 Å². The number of hydrogen-bond donors (Lipinski definition) is 2. The lowest BCUT2D eigenvalue weighted by Gasteiger charge is -2.56. The van der Waals surface area contributed by atoms with Crippen molar-refractivity contribution in [1.82, 2.24) is 5.32 Å². The van der Waals surface area contributed by atoms with Crippen LogP contribution < -0.4 is 11.1 Å². The maximum atomic E-state index is 12.7. The number of carbonyl (C=O) groups excluding carboxylic acids is 1. The lowest BCUT2D eigenvalue weighted by molar-refractivity contribution is -0.0166. The average molecular weight is 284 g/mol. The molecule has 4 aliphatic carbocycles. The Morgan fingerprint density at radius 3 is 2.29 bits per heavy atom. The summed E-state index contributed by atoms with van der Waals surface area (Å²) in [4.78, 5) is 12.7. The summed E-state index contributed by atoms with van der Waals surface area (Å²) in [6.07, 6.45) is 7.70. The zero-order chi connectivity index (χ0) is 14.6. The van der Waals surface area contributed by atoms with Crippen LogP contribution in [0.1, 0.15) is 54.4 Å². The average Bonchev–Trinajstić information content (AvgIpc) is 2.39. The van der Waals surface area contributed by atoms with Gasteiger partial charge in [-0.3, -0.25) is 4.79 Å². The van der Waals surface area contributed by atoms with E-state index in [2.05, 4.69) is 5.32 Å². The number of para-hydroxylation sites is 1. The third-order valence-corrected chi connectivity index (χ3v) is 5.99. The number of nitrogens with one attached hydrogen (secondary N) is 1. The van der Waals surface area contributed by atoms with Gasteiger partial charge in [0, 0.05) is 11.2 Å². The zero-order valence-corrected chi connectivity index (χ0v) is 12.7. The minimum absolute atomic E-state index is 0.0261. The van der Waals surface area contributed by atoms with Crippen LogP contribution in [0.2, 0.25) is 0 Å². The third kappa shape index (κ3) is 2.14. The lowest BCUT2D eigenvalue weighted by atomic mass is 9.53. The van der Waals surface area contributed by atoms with Crippen molar-refractivity contribution in [3.63, 3.8) is 0 Å². The summed E-state index contributed by atoms with van der Waals surface area (Å²) < 4.78 is 0. The molecule has 0 atom stereocenters. The number of carbonyl (C=O) groups is 1. The lowest BCUT2D eigenvalue weighted by Crippen LogP contribution is -2.59. The molecular weight excluding hydrogens is 260 g/mol. The maximum absolute atomic E-state index is 12.7. The second kappa shape index (κ2) is 4.49. The minimum atomic E-state index is 0.0261. The fraction of sp³-hybridized carbons (Fsp3) is 0.611. The molecule has 3 nitrogen and oxygen atoms in total. The highest BCUT2D eigenvalue weighted by molar-refractivity contribution is 6.00. The molecule has 0 heterocycles. The van der Waals surface area contributed by atoms with Crippen LogP contribution in [0.25, 0.3) is 0 Å². The Hall–Kier alpha value is -1.51. The third-order valence-electron chi connectivity index (χ3n) is 5.99. The summed E-state index contributed by atoms with van der Waals surface area (Å²) in [5.41, 5.74) is 8.40. The van der Waals surface area contributed by atoms with Crippen LogP contribution in [0.4, 0.5) is 5.69 Å². The molecule has 5 rings (SSSR count). The molecule has 0 saturated heterocycles. The number of aryl methyl sites for hydroxylation is 1. The highest BCUT2D eigenvalue weighted by atomic mass is 16.1. The summed E-state index contributed by atoms with van der Waals surface area (Å²) in [6, 6.07) is 5.72. The topological polar surface area (TPSA) is 55.1 Å². The molecule has 4 aliphatic rings. The molecule has 4 saturated carbocycles. The summed E-state index contributed by atoms with van der Waals surface area (Å²) in [6.45, 7) is 1.96. The van der Waals surface area contributed by atoms with E-state index in [0.29, 0.717) is 11.3 Å². The zero-order valence-electron chi connectivity index (χ0n) is 12.7. The second-order valence-electron chi connectivity index (χ2n) is 7.69. The van der Waals surface area contributed by atoms with Gasteiger partial charge in [-0.05, 0) is 74.8 Å². The van der Waals surface area contributed by atoms with E-state index in [1.54, 1.807) is 0 Å². The van der Waals surface area contributed by atoms with E-state index in [9.17, 15) is 4.79 Å². The Bertz CT molecular complexity index is 558. The summed E-state index contributed by atoms with van der Waals surface area (Å²) in [5, 5.41) is 3.39. The first-order valence-corrected chi connectivity index (χ1v) is 8.22. The summed E-state index contributed by atoms with van der Waals surface area (Å²) in [7, 11) is 0. The van der Waals surface area contributed by atoms with Gasteiger partial charge >= 0.3 is 0 Å². The number of nitrogen functional groups attached to an aromatic ring is 1. The molecule has 3 heteroatoms. The molecule has 0 radical (unpaired) electrons. The molecule has 0 aliphatic heterocycles. The molecule has 0 spiro atoms. The van der Waals surface area contributed by atoms with E-state index in [0.717, 1.165) is 23.3 Å². The van der Waals surface area contributed by atoms with E-state index in [-0.39, 0.29) is 11.4 Å². The SMILES string of the molecule is Cc1cccc(C(=O)NC23CC4CC(CC(C4)C2)C3)c1N. The number of hydrogen-bond acceptors (Lipinski definition) is 2. The molecule has 3 N–H and O–H groups in total. The van der Waals surface area contributed by atoms with Gasteiger partial charge in [0.25, 0.3) is 5.91 Å². The van der Waals surface area contributed by atoms with E-state index in [1.165, 1.54) is 38.5 Å². The maximum Gasteiger partial charge on any atom is 0.253 e. The quantitative estimate of drug-likeness (QED) is 0.819. The van der Waals surface area contributed by atoms with E-state index >= 15 is 0 Å². The van der Waals surface area contributed by atoms with Crippen molar-refractivity contribution in [2.45, 2.75) is 51.0 Å². The van der Waals surface area contributed by atoms with Crippen LogP contribution in [0.5, 0.6) is 0 Å². The standard InChI is InChI=1S/C18H24N2O/c1-11-3-2-4-15(16(11)19)17(21)20-18-8-12-5-13(9-18)7-14(6-12)10-18/h2-4,12-14H,5-10,19H2,1H3,(H,20,21). The summed E-state index contributed by atoms with van der Waals surface area (Å²) in [5.74, 6) is 2.54. The van der Waals surface area contributed by atoms with Crippen LogP contribution in [0, 0.1) is 24.7 Å². The van der Waals surface area contributed by atoms with Crippen LogP contribution in [-0.4, -0.2) is 11.4 Å². The molecule has 1 aromatic rings. The van der Waals surface area contributed by atoms with Gasteiger partial charge in [-0.15, -0.1) is 0 Å². The van der Waals surface area contributed by atoms with Crippen molar-refractivity contribution in [1.29, 1.82) is 0 Å². The van der Waals surface area contributed by atoms with Crippen LogP contribution in [0.3, 0.4) is 0 Å². The number of benzene rings is 1. The number of rotatable bonds is 2. The van der Waals surface area contributed by atoms with Crippen molar-refractivity contribution < 1.29 is 4.79 Å².